The first-order valence-electron chi connectivity index (χ1n) is 7.68. The lowest BCUT2D eigenvalue weighted by Crippen LogP contribution is -2.36. The second kappa shape index (κ2) is 7.46. The van der Waals surface area contributed by atoms with Crippen LogP contribution in [0.2, 0.25) is 0 Å². The number of benzene rings is 2. The molecule has 0 aliphatic carbocycles. The van der Waals surface area contributed by atoms with E-state index in [1.54, 1.807) is 48.2 Å². The van der Waals surface area contributed by atoms with Crippen molar-refractivity contribution < 1.29 is 13.2 Å². The highest BCUT2D eigenvalue weighted by Crippen LogP contribution is 2.23. The van der Waals surface area contributed by atoms with Crippen LogP contribution in [-0.4, -0.2) is 41.0 Å². The molecule has 0 amide bonds. The van der Waals surface area contributed by atoms with E-state index >= 15 is 0 Å². The average Bonchev–Trinajstić information content (AvgIpc) is 2.63. The number of sulfonamides is 1. The smallest absolute Gasteiger partial charge is 0.261 e. The van der Waals surface area contributed by atoms with Gasteiger partial charge in [0, 0.05) is 29.4 Å². The predicted molar refractivity (Wildman–Crippen MR) is 98.5 cm³/mol. The van der Waals surface area contributed by atoms with Crippen molar-refractivity contribution in [3.8, 4) is 0 Å². The summed E-state index contributed by atoms with van der Waals surface area (Å²) in [6, 6.07) is 14.3. The number of rotatable bonds is 5. The molecule has 1 aliphatic heterocycles. The van der Waals surface area contributed by atoms with E-state index in [0.29, 0.717) is 5.69 Å². The Bertz CT molecular complexity index is 768. The SMILES string of the molecule is CSc1ccc(S(=O)(=O)Nc2ccc(N3CCOCC3)cc2)cc1. The molecule has 3 rings (SSSR count). The summed E-state index contributed by atoms with van der Waals surface area (Å²) in [4.78, 5) is 3.52. The number of nitrogens with zero attached hydrogens (tertiary/aromatic N) is 1. The molecule has 0 unspecified atom stereocenters. The fraction of sp³-hybridized carbons (Fsp3) is 0.294. The van der Waals surface area contributed by atoms with E-state index in [2.05, 4.69) is 9.62 Å². The molecule has 0 atom stereocenters. The molecule has 128 valence electrons. The van der Waals surface area contributed by atoms with Crippen LogP contribution in [0.15, 0.2) is 58.3 Å². The van der Waals surface area contributed by atoms with Gasteiger partial charge in [0.05, 0.1) is 18.1 Å². The van der Waals surface area contributed by atoms with Gasteiger partial charge in [-0.25, -0.2) is 8.42 Å². The molecule has 0 saturated carbocycles. The van der Waals surface area contributed by atoms with Crippen molar-refractivity contribution in [2.24, 2.45) is 0 Å². The van der Waals surface area contributed by atoms with Gasteiger partial charge in [0.2, 0.25) is 0 Å². The Labute approximate surface area is 147 Å². The molecule has 24 heavy (non-hydrogen) atoms. The van der Waals surface area contributed by atoms with Gasteiger partial charge in [-0.05, 0) is 54.8 Å². The Morgan fingerprint density at radius 2 is 1.62 bits per heavy atom. The minimum absolute atomic E-state index is 0.262. The quantitative estimate of drug-likeness (QED) is 0.827. The molecule has 7 heteroatoms. The normalized spacial score (nSPS) is 15.3. The Kier molecular flexibility index (Phi) is 5.33. The van der Waals surface area contributed by atoms with Gasteiger partial charge in [-0.1, -0.05) is 0 Å². The summed E-state index contributed by atoms with van der Waals surface area (Å²) in [6.45, 7) is 3.15. The first-order valence-corrected chi connectivity index (χ1v) is 10.4. The van der Waals surface area contributed by atoms with E-state index in [1.165, 1.54) is 0 Å². The molecule has 5 nitrogen and oxygen atoms in total. The third kappa shape index (κ3) is 4.03. The van der Waals surface area contributed by atoms with Crippen LogP contribution in [0.5, 0.6) is 0 Å². The third-order valence-corrected chi connectivity index (χ3v) is 6.01. The van der Waals surface area contributed by atoms with E-state index in [0.717, 1.165) is 36.9 Å². The first-order chi connectivity index (χ1) is 11.6. The first kappa shape index (κ1) is 17.1. The van der Waals surface area contributed by atoms with Crippen molar-refractivity contribution in [2.75, 3.05) is 42.2 Å². The monoisotopic (exact) mass is 364 g/mol. The van der Waals surface area contributed by atoms with Crippen molar-refractivity contribution in [1.29, 1.82) is 0 Å². The molecule has 0 spiro atoms. The largest absolute Gasteiger partial charge is 0.378 e. The summed E-state index contributed by atoms with van der Waals surface area (Å²) < 4.78 is 32.9. The number of hydrogen-bond donors (Lipinski definition) is 1. The Balaban J connectivity index is 1.72. The maximum absolute atomic E-state index is 12.4. The molecule has 1 fully saturated rings. The number of ether oxygens (including phenoxy) is 1. The minimum atomic E-state index is -3.57. The van der Waals surface area contributed by atoms with E-state index in [-0.39, 0.29) is 4.90 Å². The Morgan fingerprint density at radius 1 is 1.00 bits per heavy atom. The number of nitrogens with one attached hydrogen (secondary N) is 1. The molecule has 1 heterocycles. The maximum atomic E-state index is 12.4. The highest BCUT2D eigenvalue weighted by Gasteiger charge is 2.15. The van der Waals surface area contributed by atoms with Crippen LogP contribution in [0.25, 0.3) is 0 Å². The molecule has 0 radical (unpaired) electrons. The van der Waals surface area contributed by atoms with Gasteiger partial charge in [0.1, 0.15) is 0 Å². The van der Waals surface area contributed by atoms with Crippen molar-refractivity contribution in [3.63, 3.8) is 0 Å². The van der Waals surface area contributed by atoms with Crippen molar-refractivity contribution in [3.05, 3.63) is 48.5 Å². The summed E-state index contributed by atoms with van der Waals surface area (Å²) in [7, 11) is -3.57. The molecular formula is C17H20N2O3S2. The van der Waals surface area contributed by atoms with Crippen LogP contribution < -0.4 is 9.62 Å². The second-order valence-corrected chi connectivity index (χ2v) is 7.99. The predicted octanol–water partition coefficient (Wildman–Crippen LogP) is 3.05. The molecular weight excluding hydrogens is 344 g/mol. The molecule has 2 aromatic rings. The summed E-state index contributed by atoms with van der Waals surface area (Å²) in [5, 5.41) is 0. The Hall–Kier alpha value is -1.70. The van der Waals surface area contributed by atoms with Crippen LogP contribution in [0.4, 0.5) is 11.4 Å². The zero-order valence-electron chi connectivity index (χ0n) is 13.4. The minimum Gasteiger partial charge on any atom is -0.378 e. The standard InChI is InChI=1S/C17H20N2O3S2/c1-23-16-6-8-17(9-7-16)24(20,21)18-14-2-4-15(5-3-14)19-10-12-22-13-11-19/h2-9,18H,10-13H2,1H3. The van der Waals surface area contributed by atoms with Gasteiger partial charge >= 0.3 is 0 Å². The summed E-state index contributed by atoms with van der Waals surface area (Å²) >= 11 is 1.58. The van der Waals surface area contributed by atoms with E-state index in [9.17, 15) is 8.42 Å². The number of anilines is 2. The fourth-order valence-electron chi connectivity index (χ4n) is 2.53. The van der Waals surface area contributed by atoms with Crippen LogP contribution >= 0.6 is 11.8 Å². The van der Waals surface area contributed by atoms with Crippen LogP contribution in [0, 0.1) is 0 Å². The highest BCUT2D eigenvalue weighted by molar-refractivity contribution is 7.98. The zero-order valence-corrected chi connectivity index (χ0v) is 15.1. The summed E-state index contributed by atoms with van der Waals surface area (Å²) in [5.41, 5.74) is 1.63. The van der Waals surface area contributed by atoms with Gasteiger partial charge in [0.15, 0.2) is 0 Å². The van der Waals surface area contributed by atoms with E-state index in [4.69, 9.17) is 4.74 Å². The molecule has 2 aromatic carbocycles. The van der Waals surface area contributed by atoms with E-state index < -0.39 is 10.0 Å². The van der Waals surface area contributed by atoms with Gasteiger partial charge < -0.3 is 9.64 Å². The van der Waals surface area contributed by atoms with E-state index in [1.807, 2.05) is 18.4 Å². The maximum Gasteiger partial charge on any atom is 0.261 e. The van der Waals surface area contributed by atoms with Crippen LogP contribution in [0.3, 0.4) is 0 Å². The second-order valence-electron chi connectivity index (χ2n) is 5.43. The van der Waals surface area contributed by atoms with Gasteiger partial charge in [-0.2, -0.15) is 0 Å². The fourth-order valence-corrected chi connectivity index (χ4v) is 4.00. The van der Waals surface area contributed by atoms with Crippen molar-refractivity contribution in [1.82, 2.24) is 0 Å². The van der Waals surface area contributed by atoms with Gasteiger partial charge in [-0.3, -0.25) is 4.72 Å². The number of hydrogen-bond acceptors (Lipinski definition) is 5. The Morgan fingerprint density at radius 3 is 2.21 bits per heavy atom. The third-order valence-electron chi connectivity index (χ3n) is 3.87. The number of morpholine rings is 1. The van der Waals surface area contributed by atoms with Crippen molar-refractivity contribution in [2.45, 2.75) is 9.79 Å². The van der Waals surface area contributed by atoms with Crippen LogP contribution in [0.1, 0.15) is 0 Å². The highest BCUT2D eigenvalue weighted by atomic mass is 32.2. The molecule has 1 saturated heterocycles. The van der Waals surface area contributed by atoms with Gasteiger partial charge in [0.25, 0.3) is 10.0 Å². The molecule has 1 N–H and O–H groups in total. The van der Waals surface area contributed by atoms with Crippen molar-refractivity contribution >= 4 is 33.2 Å². The lowest BCUT2D eigenvalue weighted by Gasteiger charge is -2.28. The summed E-state index contributed by atoms with van der Waals surface area (Å²) in [6.07, 6.45) is 1.96. The molecule has 1 aliphatic rings. The average molecular weight is 364 g/mol. The lowest BCUT2D eigenvalue weighted by molar-refractivity contribution is 0.122. The van der Waals surface area contributed by atoms with Gasteiger partial charge in [-0.15, -0.1) is 11.8 Å². The zero-order chi connectivity index (χ0) is 17.0. The lowest BCUT2D eigenvalue weighted by atomic mass is 10.2. The topological polar surface area (TPSA) is 58.6 Å². The van der Waals surface area contributed by atoms with Crippen LogP contribution in [-0.2, 0) is 14.8 Å². The number of thioether (sulfide) groups is 1. The molecule has 0 aromatic heterocycles. The molecule has 0 bridgehead atoms. The summed E-state index contributed by atoms with van der Waals surface area (Å²) in [5.74, 6) is 0.